The van der Waals surface area contributed by atoms with Gasteiger partial charge in [-0.25, -0.2) is 4.68 Å². The lowest BCUT2D eigenvalue weighted by Crippen LogP contribution is -1.99. The number of para-hydroxylation sites is 1. The summed E-state index contributed by atoms with van der Waals surface area (Å²) >= 11 is 0. The Balaban J connectivity index is 1.86. The molecular formula is C21H21N5O2. The van der Waals surface area contributed by atoms with E-state index in [2.05, 4.69) is 33.5 Å². The molecule has 0 radical (unpaired) electrons. The molecular weight excluding hydrogens is 354 g/mol. The van der Waals surface area contributed by atoms with E-state index in [1.54, 1.807) is 17.1 Å². The molecule has 0 aliphatic heterocycles. The quantitative estimate of drug-likeness (QED) is 0.547. The van der Waals surface area contributed by atoms with Gasteiger partial charge < -0.3 is 14.9 Å². The SMILES string of the molecule is CCOCc1ccc(C)c(-c2nc(N)oc2-c2ccccc2-n2ccnn2)c1. The number of aromatic nitrogens is 4. The number of hydrogen-bond acceptors (Lipinski definition) is 6. The summed E-state index contributed by atoms with van der Waals surface area (Å²) in [7, 11) is 0. The zero-order valence-electron chi connectivity index (χ0n) is 15.8. The first kappa shape index (κ1) is 17.9. The van der Waals surface area contributed by atoms with Crippen molar-refractivity contribution in [3.05, 3.63) is 66.0 Å². The Morgan fingerprint density at radius 3 is 2.79 bits per heavy atom. The molecule has 28 heavy (non-hydrogen) atoms. The maximum absolute atomic E-state index is 5.95. The molecule has 2 heterocycles. The van der Waals surface area contributed by atoms with Gasteiger partial charge >= 0.3 is 0 Å². The second kappa shape index (κ2) is 7.66. The Bertz CT molecular complexity index is 1090. The van der Waals surface area contributed by atoms with Crippen LogP contribution in [-0.2, 0) is 11.3 Å². The molecule has 4 rings (SSSR count). The molecule has 0 bridgehead atoms. The minimum atomic E-state index is 0.119. The van der Waals surface area contributed by atoms with Gasteiger partial charge in [0.1, 0.15) is 5.69 Å². The van der Waals surface area contributed by atoms with Crippen molar-refractivity contribution in [3.8, 4) is 28.3 Å². The number of aryl methyl sites for hydroxylation is 1. The molecule has 0 saturated carbocycles. The third-order valence-corrected chi connectivity index (χ3v) is 4.49. The van der Waals surface area contributed by atoms with Gasteiger partial charge in [0.15, 0.2) is 5.76 Å². The molecule has 0 amide bonds. The predicted molar refractivity (Wildman–Crippen MR) is 107 cm³/mol. The van der Waals surface area contributed by atoms with Crippen molar-refractivity contribution in [3.63, 3.8) is 0 Å². The average Bonchev–Trinajstić information content (AvgIpc) is 3.37. The molecule has 2 aromatic heterocycles. The minimum absolute atomic E-state index is 0.119. The average molecular weight is 375 g/mol. The summed E-state index contributed by atoms with van der Waals surface area (Å²) in [5.41, 5.74) is 11.4. The van der Waals surface area contributed by atoms with E-state index in [0.29, 0.717) is 24.7 Å². The van der Waals surface area contributed by atoms with E-state index >= 15 is 0 Å². The monoisotopic (exact) mass is 375 g/mol. The molecule has 0 aliphatic rings. The van der Waals surface area contributed by atoms with Crippen LogP contribution >= 0.6 is 0 Å². The lowest BCUT2D eigenvalue weighted by atomic mass is 9.98. The molecule has 142 valence electrons. The van der Waals surface area contributed by atoms with Crippen molar-refractivity contribution in [2.45, 2.75) is 20.5 Å². The summed E-state index contributed by atoms with van der Waals surface area (Å²) in [6.07, 6.45) is 3.42. The van der Waals surface area contributed by atoms with Gasteiger partial charge in [0, 0.05) is 17.7 Å². The molecule has 0 spiro atoms. The Labute approximate surface area is 162 Å². The molecule has 0 fully saturated rings. The molecule has 7 nitrogen and oxygen atoms in total. The van der Waals surface area contributed by atoms with Gasteiger partial charge in [-0.05, 0) is 43.2 Å². The smallest absolute Gasteiger partial charge is 0.293 e. The van der Waals surface area contributed by atoms with Crippen molar-refractivity contribution in [1.82, 2.24) is 20.0 Å². The molecule has 0 saturated heterocycles. The lowest BCUT2D eigenvalue weighted by molar-refractivity contribution is 0.134. The highest BCUT2D eigenvalue weighted by molar-refractivity contribution is 5.83. The molecule has 2 aromatic carbocycles. The zero-order valence-corrected chi connectivity index (χ0v) is 15.8. The number of nitrogens with zero attached hydrogens (tertiary/aromatic N) is 4. The van der Waals surface area contributed by atoms with E-state index in [4.69, 9.17) is 14.9 Å². The van der Waals surface area contributed by atoms with E-state index in [1.165, 1.54) is 0 Å². The van der Waals surface area contributed by atoms with Crippen LogP contribution in [0.3, 0.4) is 0 Å². The number of hydrogen-bond donors (Lipinski definition) is 1. The van der Waals surface area contributed by atoms with Crippen molar-refractivity contribution in [1.29, 1.82) is 0 Å². The Morgan fingerprint density at radius 1 is 1.14 bits per heavy atom. The summed E-state index contributed by atoms with van der Waals surface area (Å²) in [5, 5.41) is 8.01. The van der Waals surface area contributed by atoms with Crippen LogP contribution in [-0.4, -0.2) is 26.6 Å². The van der Waals surface area contributed by atoms with Gasteiger partial charge in [0.2, 0.25) is 0 Å². The highest BCUT2D eigenvalue weighted by Gasteiger charge is 2.21. The third-order valence-electron chi connectivity index (χ3n) is 4.49. The number of oxazole rings is 1. The summed E-state index contributed by atoms with van der Waals surface area (Å²) in [6, 6.07) is 14.1. The summed E-state index contributed by atoms with van der Waals surface area (Å²) in [5.74, 6) is 0.597. The van der Waals surface area contributed by atoms with Gasteiger partial charge in [0.05, 0.1) is 24.7 Å². The van der Waals surface area contributed by atoms with Gasteiger partial charge in [-0.3, -0.25) is 0 Å². The maximum Gasteiger partial charge on any atom is 0.293 e. The van der Waals surface area contributed by atoms with E-state index < -0.39 is 0 Å². The minimum Gasteiger partial charge on any atom is -0.423 e. The summed E-state index contributed by atoms with van der Waals surface area (Å²) in [6.45, 7) is 5.23. The number of benzene rings is 2. The summed E-state index contributed by atoms with van der Waals surface area (Å²) in [4.78, 5) is 4.49. The number of anilines is 1. The van der Waals surface area contributed by atoms with E-state index in [0.717, 1.165) is 27.9 Å². The standard InChI is InChI=1S/C21H21N5O2/c1-3-27-13-15-9-8-14(2)17(12-15)19-20(28-21(22)24-19)16-6-4-5-7-18(16)26-11-10-23-25-26/h4-12H,3,13H2,1-2H3,(H2,22,24). The Kier molecular flexibility index (Phi) is 4.90. The molecule has 7 heteroatoms. The van der Waals surface area contributed by atoms with Crippen LogP contribution in [0.15, 0.2) is 59.3 Å². The number of ether oxygens (including phenoxy) is 1. The van der Waals surface area contributed by atoms with Crippen molar-refractivity contribution >= 4 is 6.01 Å². The second-order valence-electron chi connectivity index (χ2n) is 6.38. The van der Waals surface area contributed by atoms with Crippen LogP contribution in [0.25, 0.3) is 28.3 Å². The van der Waals surface area contributed by atoms with Gasteiger partial charge in [0.25, 0.3) is 6.01 Å². The fourth-order valence-corrected chi connectivity index (χ4v) is 3.14. The third kappa shape index (κ3) is 3.39. The maximum atomic E-state index is 5.95. The fraction of sp³-hybridized carbons (Fsp3) is 0.190. The first-order valence-electron chi connectivity index (χ1n) is 9.07. The van der Waals surface area contributed by atoms with Gasteiger partial charge in [-0.2, -0.15) is 4.98 Å². The van der Waals surface area contributed by atoms with Crippen LogP contribution in [0.5, 0.6) is 0 Å². The largest absolute Gasteiger partial charge is 0.423 e. The number of nitrogens with two attached hydrogens (primary N) is 1. The first-order valence-corrected chi connectivity index (χ1v) is 9.07. The molecule has 0 atom stereocenters. The van der Waals surface area contributed by atoms with E-state index in [-0.39, 0.29) is 6.01 Å². The van der Waals surface area contributed by atoms with Crippen LogP contribution in [0.4, 0.5) is 6.01 Å². The second-order valence-corrected chi connectivity index (χ2v) is 6.38. The van der Waals surface area contributed by atoms with Crippen LogP contribution in [0, 0.1) is 6.92 Å². The highest BCUT2D eigenvalue weighted by Crippen LogP contribution is 2.38. The lowest BCUT2D eigenvalue weighted by Gasteiger charge is -2.11. The summed E-state index contributed by atoms with van der Waals surface area (Å²) < 4.78 is 13.1. The Hall–Kier alpha value is -3.45. The topological polar surface area (TPSA) is 92.0 Å². The number of rotatable bonds is 6. The highest BCUT2D eigenvalue weighted by atomic mass is 16.5. The van der Waals surface area contributed by atoms with Gasteiger partial charge in [-0.1, -0.05) is 29.5 Å². The molecule has 2 N–H and O–H groups in total. The van der Waals surface area contributed by atoms with Crippen LogP contribution in [0.2, 0.25) is 0 Å². The van der Waals surface area contributed by atoms with E-state index in [1.807, 2.05) is 38.1 Å². The molecule has 0 aliphatic carbocycles. The van der Waals surface area contributed by atoms with Crippen molar-refractivity contribution < 1.29 is 9.15 Å². The van der Waals surface area contributed by atoms with Gasteiger partial charge in [-0.15, -0.1) is 5.10 Å². The Morgan fingerprint density at radius 2 is 2.00 bits per heavy atom. The molecule has 4 aromatic rings. The van der Waals surface area contributed by atoms with Crippen molar-refractivity contribution in [2.24, 2.45) is 0 Å². The molecule has 0 unspecified atom stereocenters. The first-order chi connectivity index (χ1) is 13.7. The zero-order chi connectivity index (χ0) is 19.5. The van der Waals surface area contributed by atoms with E-state index in [9.17, 15) is 0 Å². The fourth-order valence-electron chi connectivity index (χ4n) is 3.14. The normalized spacial score (nSPS) is 11.1. The van der Waals surface area contributed by atoms with Crippen molar-refractivity contribution in [2.75, 3.05) is 12.3 Å². The predicted octanol–water partition coefficient (Wildman–Crippen LogP) is 4.02. The number of nitrogen functional groups attached to an aromatic ring is 1. The van der Waals surface area contributed by atoms with Crippen LogP contribution < -0.4 is 5.73 Å². The van der Waals surface area contributed by atoms with Crippen LogP contribution in [0.1, 0.15) is 18.1 Å².